The number of nitrogens with zero attached hydrogens (tertiary/aromatic N) is 1. The minimum atomic E-state index is 0.188. The number of aliphatic imine (C=N–C) groups is 1. The maximum Gasteiger partial charge on any atom is 0.184 e. The average Bonchev–Trinajstić information content (AvgIpc) is 2.61. The summed E-state index contributed by atoms with van der Waals surface area (Å²) in [6.07, 6.45) is 3.72. The zero-order chi connectivity index (χ0) is 10.2. The van der Waals surface area contributed by atoms with Gasteiger partial charge in [-0.25, -0.2) is 0 Å². The van der Waals surface area contributed by atoms with Crippen LogP contribution < -0.4 is 0 Å². The molecule has 0 saturated heterocycles. The summed E-state index contributed by atoms with van der Waals surface area (Å²) in [5, 5.41) is 0. The van der Waals surface area contributed by atoms with Crippen LogP contribution in [0.2, 0.25) is 0 Å². The number of aromatic amines is 1. The molecule has 4 rings (SSSR count). The lowest BCUT2D eigenvalue weighted by Gasteiger charge is -2.22. The largest absolute Gasteiger partial charge is 0.358 e. The number of aryl methyl sites for hydroxylation is 1. The SMILES string of the molecule is Cc1c[nH]c2c1[C@@]13C[C@@H]1CN=C3CC2=O. The van der Waals surface area contributed by atoms with Gasteiger partial charge in [-0.1, -0.05) is 0 Å². The van der Waals surface area contributed by atoms with Crippen molar-refractivity contribution < 1.29 is 4.79 Å². The fourth-order valence-electron chi connectivity index (χ4n) is 3.49. The first-order chi connectivity index (χ1) is 7.23. The third-order valence-corrected chi connectivity index (χ3v) is 4.25. The first-order valence-corrected chi connectivity index (χ1v) is 5.49. The fourth-order valence-corrected chi connectivity index (χ4v) is 3.49. The predicted octanol–water partition coefficient (Wildman–Crippen LogP) is 1.62. The summed E-state index contributed by atoms with van der Waals surface area (Å²) < 4.78 is 0. The summed E-state index contributed by atoms with van der Waals surface area (Å²) in [4.78, 5) is 19.6. The van der Waals surface area contributed by atoms with E-state index >= 15 is 0 Å². The molecule has 15 heavy (non-hydrogen) atoms. The quantitative estimate of drug-likeness (QED) is 0.679. The zero-order valence-corrected chi connectivity index (χ0v) is 8.63. The Hall–Kier alpha value is -1.38. The molecule has 1 aromatic heterocycles. The second-order valence-electron chi connectivity index (χ2n) is 4.98. The van der Waals surface area contributed by atoms with Crippen LogP contribution in [0.5, 0.6) is 0 Å². The minimum absolute atomic E-state index is 0.188. The van der Waals surface area contributed by atoms with Crippen molar-refractivity contribution in [3.8, 4) is 0 Å². The number of fused-ring (bicyclic) bond motifs is 1. The Labute approximate surface area is 87.6 Å². The Morgan fingerprint density at radius 3 is 3.27 bits per heavy atom. The van der Waals surface area contributed by atoms with Crippen molar-refractivity contribution in [2.75, 3.05) is 6.54 Å². The molecule has 0 aromatic carbocycles. The van der Waals surface area contributed by atoms with E-state index in [1.807, 2.05) is 6.20 Å². The number of Topliss-reactive ketones (excluding diaryl/α,β-unsaturated/α-hetero) is 1. The second kappa shape index (κ2) is 2.08. The molecule has 76 valence electrons. The first-order valence-electron chi connectivity index (χ1n) is 5.49. The van der Waals surface area contributed by atoms with Gasteiger partial charge in [-0.05, 0) is 30.4 Å². The maximum absolute atomic E-state index is 11.9. The normalized spacial score (nSPS) is 35.7. The van der Waals surface area contributed by atoms with Gasteiger partial charge >= 0.3 is 0 Å². The molecular formula is C12H12N2O. The molecule has 2 atom stereocenters. The van der Waals surface area contributed by atoms with Gasteiger partial charge in [-0.2, -0.15) is 0 Å². The second-order valence-corrected chi connectivity index (χ2v) is 4.98. The number of rotatable bonds is 0. The number of carbonyl (C=O) groups is 1. The first kappa shape index (κ1) is 7.85. The van der Waals surface area contributed by atoms with Crippen LogP contribution in [0.1, 0.15) is 34.5 Å². The van der Waals surface area contributed by atoms with Crippen molar-refractivity contribution in [3.63, 3.8) is 0 Å². The molecule has 1 saturated carbocycles. The lowest BCUT2D eigenvalue weighted by molar-refractivity contribution is 0.0990. The van der Waals surface area contributed by atoms with Crippen molar-refractivity contribution >= 4 is 11.5 Å². The molecule has 3 aliphatic rings. The lowest BCUT2D eigenvalue weighted by atomic mass is 9.79. The molecule has 2 heterocycles. The van der Waals surface area contributed by atoms with Crippen molar-refractivity contribution in [3.05, 3.63) is 23.0 Å². The molecule has 1 fully saturated rings. The van der Waals surface area contributed by atoms with E-state index in [1.165, 1.54) is 17.5 Å². The van der Waals surface area contributed by atoms with Crippen molar-refractivity contribution in [2.24, 2.45) is 10.9 Å². The van der Waals surface area contributed by atoms with Gasteiger partial charge in [-0.3, -0.25) is 9.79 Å². The van der Waals surface area contributed by atoms with Gasteiger partial charge < -0.3 is 4.98 Å². The molecule has 0 amide bonds. The van der Waals surface area contributed by atoms with Gasteiger partial charge in [0.1, 0.15) is 0 Å². The predicted molar refractivity (Wildman–Crippen MR) is 56.6 cm³/mol. The van der Waals surface area contributed by atoms with E-state index in [0.717, 1.165) is 18.0 Å². The maximum atomic E-state index is 11.9. The summed E-state index contributed by atoms with van der Waals surface area (Å²) in [5.74, 6) is 0.906. The highest BCUT2D eigenvalue weighted by atomic mass is 16.1. The van der Waals surface area contributed by atoms with Gasteiger partial charge in [0.05, 0.1) is 12.1 Å². The van der Waals surface area contributed by atoms with Crippen LogP contribution in [0.15, 0.2) is 11.2 Å². The van der Waals surface area contributed by atoms with Crippen LogP contribution in [0.3, 0.4) is 0 Å². The Bertz CT molecular complexity index is 526. The fraction of sp³-hybridized carbons (Fsp3) is 0.500. The summed E-state index contributed by atoms with van der Waals surface area (Å²) in [6.45, 7) is 3.03. The van der Waals surface area contributed by atoms with Gasteiger partial charge in [-0.15, -0.1) is 0 Å². The molecule has 0 unspecified atom stereocenters. The molecule has 3 nitrogen and oxygen atoms in total. The van der Waals surface area contributed by atoms with E-state index in [-0.39, 0.29) is 11.2 Å². The summed E-state index contributed by atoms with van der Waals surface area (Å²) in [7, 11) is 0. The Morgan fingerprint density at radius 1 is 1.60 bits per heavy atom. The smallest absolute Gasteiger partial charge is 0.184 e. The minimum Gasteiger partial charge on any atom is -0.358 e. The Balaban J connectivity index is 2.06. The van der Waals surface area contributed by atoms with E-state index in [2.05, 4.69) is 16.9 Å². The van der Waals surface area contributed by atoms with Gasteiger partial charge in [0, 0.05) is 23.9 Å². The number of hydrogen-bond donors (Lipinski definition) is 1. The number of nitrogens with one attached hydrogen (secondary N) is 1. The van der Waals surface area contributed by atoms with E-state index in [4.69, 9.17) is 0 Å². The van der Waals surface area contributed by atoms with E-state index in [0.29, 0.717) is 12.3 Å². The van der Waals surface area contributed by atoms with Crippen LogP contribution in [0, 0.1) is 12.8 Å². The summed E-state index contributed by atoms with van der Waals surface area (Å²) in [6, 6.07) is 0. The van der Waals surface area contributed by atoms with Crippen LogP contribution in [0.25, 0.3) is 0 Å². The highest BCUT2D eigenvalue weighted by Crippen LogP contribution is 2.62. The molecule has 1 aliphatic heterocycles. The number of carbonyl (C=O) groups excluding carboxylic acids is 1. The Kier molecular flexibility index (Phi) is 1.09. The van der Waals surface area contributed by atoms with Gasteiger partial charge in [0.15, 0.2) is 5.78 Å². The molecule has 2 aliphatic carbocycles. The lowest BCUT2D eigenvalue weighted by Crippen LogP contribution is -2.30. The monoisotopic (exact) mass is 200 g/mol. The van der Waals surface area contributed by atoms with Crippen LogP contribution in [-0.4, -0.2) is 23.0 Å². The highest BCUT2D eigenvalue weighted by Gasteiger charge is 2.65. The number of aromatic nitrogens is 1. The van der Waals surface area contributed by atoms with Crippen molar-refractivity contribution in [1.82, 2.24) is 4.98 Å². The van der Waals surface area contributed by atoms with Gasteiger partial charge in [0.25, 0.3) is 0 Å². The Morgan fingerprint density at radius 2 is 2.47 bits per heavy atom. The van der Waals surface area contributed by atoms with Crippen molar-refractivity contribution in [1.29, 1.82) is 0 Å². The van der Waals surface area contributed by atoms with E-state index < -0.39 is 0 Å². The summed E-state index contributed by atoms with van der Waals surface area (Å²) >= 11 is 0. The molecule has 0 radical (unpaired) electrons. The average molecular weight is 200 g/mol. The number of ketones is 1. The van der Waals surface area contributed by atoms with Crippen molar-refractivity contribution in [2.45, 2.75) is 25.2 Å². The van der Waals surface area contributed by atoms with Crippen LogP contribution in [0.4, 0.5) is 0 Å². The van der Waals surface area contributed by atoms with E-state index in [1.54, 1.807) is 0 Å². The molecule has 1 aromatic rings. The van der Waals surface area contributed by atoms with E-state index in [9.17, 15) is 4.79 Å². The molecule has 1 spiro atoms. The van der Waals surface area contributed by atoms with Gasteiger partial charge in [0.2, 0.25) is 0 Å². The third-order valence-electron chi connectivity index (χ3n) is 4.25. The zero-order valence-electron chi connectivity index (χ0n) is 8.63. The van der Waals surface area contributed by atoms with Crippen LogP contribution in [-0.2, 0) is 5.41 Å². The molecule has 3 heteroatoms. The molecular weight excluding hydrogens is 188 g/mol. The number of H-pyrrole nitrogens is 1. The highest BCUT2D eigenvalue weighted by molar-refractivity contribution is 6.19. The molecule has 1 N–H and O–H groups in total. The summed E-state index contributed by atoms with van der Waals surface area (Å²) in [5.41, 5.74) is 4.70. The standard InChI is InChI=1S/C12H12N2O/c1-6-4-14-11-8(15)2-9-12(10(6)11)3-7(12)5-13-9/h4,7,14H,2-3,5H2,1H3/t7-,12+/m1/s1. The van der Waals surface area contributed by atoms with Crippen LogP contribution >= 0.6 is 0 Å². The topological polar surface area (TPSA) is 45.2 Å². The number of hydrogen-bond acceptors (Lipinski definition) is 2. The molecule has 0 bridgehead atoms. The third kappa shape index (κ3) is 0.684.